The molecule has 8 heteroatoms. The zero-order valence-corrected chi connectivity index (χ0v) is 20.2. The van der Waals surface area contributed by atoms with Gasteiger partial charge in [0.15, 0.2) is 16.6 Å². The molecule has 1 heterocycles. The highest BCUT2D eigenvalue weighted by atomic mass is 32.1. The Bertz CT molecular complexity index is 1050. The van der Waals surface area contributed by atoms with E-state index in [9.17, 15) is 4.79 Å². The third-order valence-electron chi connectivity index (χ3n) is 4.71. The van der Waals surface area contributed by atoms with Gasteiger partial charge in [0.25, 0.3) is 5.91 Å². The molecule has 0 bridgehead atoms. The number of aromatic nitrogens is 1. The van der Waals surface area contributed by atoms with Gasteiger partial charge in [-0.05, 0) is 65.2 Å². The van der Waals surface area contributed by atoms with E-state index < -0.39 is 0 Å². The molecule has 0 atom stereocenters. The van der Waals surface area contributed by atoms with Crippen LogP contribution in [0.3, 0.4) is 0 Å². The van der Waals surface area contributed by atoms with Gasteiger partial charge in [0.05, 0.1) is 24.5 Å². The standard InChI is InChI=1S/C24H31N3O4S/c1-6-29-18-13-12-17(16-20(18)31-8-3)23(28)27(15-14-26(4)5)24-25-22-19(30-7-2)10-9-11-21(22)32-24/h9-13,16H,6-8,14-15H2,1-5H3. The number of hydrogen-bond acceptors (Lipinski definition) is 7. The molecule has 3 rings (SSSR count). The van der Waals surface area contributed by atoms with Crippen molar-refractivity contribution in [3.63, 3.8) is 0 Å². The monoisotopic (exact) mass is 457 g/mol. The lowest BCUT2D eigenvalue weighted by atomic mass is 10.1. The highest BCUT2D eigenvalue weighted by molar-refractivity contribution is 7.22. The zero-order chi connectivity index (χ0) is 23.1. The van der Waals surface area contributed by atoms with E-state index in [1.807, 2.05) is 58.0 Å². The first-order valence-corrected chi connectivity index (χ1v) is 11.7. The third-order valence-corrected chi connectivity index (χ3v) is 5.75. The van der Waals surface area contributed by atoms with Gasteiger partial charge in [0.1, 0.15) is 11.3 Å². The van der Waals surface area contributed by atoms with Crippen LogP contribution < -0.4 is 19.1 Å². The van der Waals surface area contributed by atoms with E-state index in [1.54, 1.807) is 23.1 Å². The maximum Gasteiger partial charge on any atom is 0.260 e. The van der Waals surface area contributed by atoms with Crippen molar-refractivity contribution >= 4 is 32.6 Å². The van der Waals surface area contributed by atoms with Crippen molar-refractivity contribution in [3.8, 4) is 17.2 Å². The summed E-state index contributed by atoms with van der Waals surface area (Å²) in [5.41, 5.74) is 1.30. The molecule has 1 amide bonds. The molecule has 0 unspecified atom stereocenters. The Morgan fingerprint density at radius 2 is 1.59 bits per heavy atom. The van der Waals surface area contributed by atoms with Crippen LogP contribution in [0.25, 0.3) is 10.2 Å². The van der Waals surface area contributed by atoms with Gasteiger partial charge in [-0.2, -0.15) is 0 Å². The van der Waals surface area contributed by atoms with E-state index in [2.05, 4.69) is 0 Å². The number of ether oxygens (including phenoxy) is 3. The topological polar surface area (TPSA) is 64.1 Å². The Kier molecular flexibility index (Phi) is 8.30. The lowest BCUT2D eigenvalue weighted by Gasteiger charge is -2.22. The maximum absolute atomic E-state index is 13.6. The van der Waals surface area contributed by atoms with E-state index in [0.717, 1.165) is 16.0 Å². The first kappa shape index (κ1) is 23.8. The van der Waals surface area contributed by atoms with Crippen LogP contribution in [-0.2, 0) is 0 Å². The highest BCUT2D eigenvalue weighted by Gasteiger charge is 2.23. The number of carbonyl (C=O) groups is 1. The van der Waals surface area contributed by atoms with Crippen molar-refractivity contribution in [1.82, 2.24) is 9.88 Å². The minimum atomic E-state index is -0.132. The van der Waals surface area contributed by atoms with E-state index >= 15 is 0 Å². The lowest BCUT2D eigenvalue weighted by molar-refractivity contribution is 0.0984. The lowest BCUT2D eigenvalue weighted by Crippen LogP contribution is -2.36. The van der Waals surface area contributed by atoms with Gasteiger partial charge < -0.3 is 19.1 Å². The van der Waals surface area contributed by atoms with E-state index in [-0.39, 0.29) is 5.91 Å². The molecule has 0 fully saturated rings. The Morgan fingerprint density at radius 1 is 0.906 bits per heavy atom. The quantitative estimate of drug-likeness (QED) is 0.416. The number of amides is 1. The fraction of sp³-hybridized carbons (Fsp3) is 0.417. The second-order valence-corrected chi connectivity index (χ2v) is 8.33. The minimum Gasteiger partial charge on any atom is -0.492 e. The molecule has 0 saturated heterocycles. The third kappa shape index (κ3) is 5.49. The largest absolute Gasteiger partial charge is 0.492 e. The predicted octanol–water partition coefficient (Wildman–Crippen LogP) is 4.70. The van der Waals surface area contributed by atoms with Crippen molar-refractivity contribution in [3.05, 3.63) is 42.0 Å². The smallest absolute Gasteiger partial charge is 0.260 e. The van der Waals surface area contributed by atoms with Gasteiger partial charge in [0, 0.05) is 18.7 Å². The molecule has 0 aliphatic heterocycles. The molecule has 0 spiro atoms. The number of para-hydroxylation sites is 1. The summed E-state index contributed by atoms with van der Waals surface area (Å²) < 4.78 is 18.1. The summed E-state index contributed by atoms with van der Waals surface area (Å²) >= 11 is 1.49. The van der Waals surface area contributed by atoms with Crippen LogP contribution >= 0.6 is 11.3 Å². The Balaban J connectivity index is 2.00. The molecular weight excluding hydrogens is 426 g/mol. The Hall–Kier alpha value is -2.84. The Labute approximate surface area is 193 Å². The molecule has 32 heavy (non-hydrogen) atoms. The second-order valence-electron chi connectivity index (χ2n) is 7.32. The summed E-state index contributed by atoms with van der Waals surface area (Å²) in [5, 5.41) is 0.644. The number of benzene rings is 2. The van der Waals surface area contributed by atoms with E-state index in [4.69, 9.17) is 19.2 Å². The summed E-state index contributed by atoms with van der Waals surface area (Å²) in [6, 6.07) is 11.2. The van der Waals surface area contributed by atoms with Crippen LogP contribution in [0.4, 0.5) is 5.13 Å². The van der Waals surface area contributed by atoms with Crippen LogP contribution in [-0.4, -0.2) is 62.8 Å². The number of likely N-dealkylation sites (N-methyl/N-ethyl adjacent to an activating group) is 1. The van der Waals surface area contributed by atoms with Crippen molar-refractivity contribution in [2.45, 2.75) is 20.8 Å². The number of anilines is 1. The molecule has 7 nitrogen and oxygen atoms in total. The van der Waals surface area contributed by atoms with Crippen molar-refractivity contribution in [2.24, 2.45) is 0 Å². The first-order chi connectivity index (χ1) is 15.5. The molecule has 2 aromatic carbocycles. The minimum absolute atomic E-state index is 0.132. The van der Waals surface area contributed by atoms with Crippen molar-refractivity contribution in [1.29, 1.82) is 0 Å². The predicted molar refractivity (Wildman–Crippen MR) is 130 cm³/mol. The number of fused-ring (bicyclic) bond motifs is 1. The van der Waals surface area contributed by atoms with E-state index in [1.165, 1.54) is 11.3 Å². The van der Waals surface area contributed by atoms with Crippen LogP contribution in [0.1, 0.15) is 31.1 Å². The molecule has 0 aliphatic rings. The summed E-state index contributed by atoms with van der Waals surface area (Å²) in [7, 11) is 3.97. The number of nitrogens with zero attached hydrogens (tertiary/aromatic N) is 3. The first-order valence-electron chi connectivity index (χ1n) is 10.9. The van der Waals surface area contributed by atoms with Gasteiger partial charge in [-0.25, -0.2) is 4.98 Å². The molecule has 0 radical (unpaired) electrons. The van der Waals surface area contributed by atoms with Crippen LogP contribution in [0.2, 0.25) is 0 Å². The summed E-state index contributed by atoms with van der Waals surface area (Å²) in [6.45, 7) is 8.55. The van der Waals surface area contributed by atoms with Gasteiger partial charge in [0.2, 0.25) is 0 Å². The number of rotatable bonds is 11. The number of thiazole rings is 1. The van der Waals surface area contributed by atoms with Gasteiger partial charge in [-0.3, -0.25) is 9.69 Å². The molecular formula is C24H31N3O4S. The fourth-order valence-corrected chi connectivity index (χ4v) is 4.23. The highest BCUT2D eigenvalue weighted by Crippen LogP contribution is 2.35. The van der Waals surface area contributed by atoms with E-state index in [0.29, 0.717) is 55.1 Å². The van der Waals surface area contributed by atoms with Crippen LogP contribution in [0.15, 0.2) is 36.4 Å². The Morgan fingerprint density at radius 3 is 2.28 bits per heavy atom. The number of hydrogen-bond donors (Lipinski definition) is 0. The average molecular weight is 458 g/mol. The van der Waals surface area contributed by atoms with Gasteiger partial charge in [-0.1, -0.05) is 17.4 Å². The zero-order valence-electron chi connectivity index (χ0n) is 19.4. The molecule has 172 valence electrons. The number of carbonyl (C=O) groups excluding carboxylic acids is 1. The fourth-order valence-electron chi connectivity index (χ4n) is 3.22. The summed E-state index contributed by atoms with van der Waals surface area (Å²) in [4.78, 5) is 22.2. The maximum atomic E-state index is 13.6. The summed E-state index contributed by atoms with van der Waals surface area (Å²) in [5.74, 6) is 1.79. The SMILES string of the molecule is CCOc1ccc(C(=O)N(CCN(C)C)c2nc3c(OCC)cccc3s2)cc1OCC. The molecule has 3 aromatic rings. The van der Waals surface area contributed by atoms with Gasteiger partial charge >= 0.3 is 0 Å². The van der Waals surface area contributed by atoms with Gasteiger partial charge in [-0.15, -0.1) is 0 Å². The molecule has 1 aromatic heterocycles. The van der Waals surface area contributed by atoms with Crippen LogP contribution in [0.5, 0.6) is 17.2 Å². The van der Waals surface area contributed by atoms with Crippen molar-refractivity contribution < 1.29 is 19.0 Å². The summed E-state index contributed by atoms with van der Waals surface area (Å²) in [6.07, 6.45) is 0. The molecule has 0 N–H and O–H groups in total. The second kappa shape index (κ2) is 11.2. The normalized spacial score (nSPS) is 11.1. The molecule has 0 saturated carbocycles. The van der Waals surface area contributed by atoms with Crippen molar-refractivity contribution in [2.75, 3.05) is 51.9 Å². The average Bonchev–Trinajstić information content (AvgIpc) is 3.20. The molecule has 0 aliphatic carbocycles. The van der Waals surface area contributed by atoms with Crippen LogP contribution in [0, 0.1) is 0 Å².